The number of benzene rings is 1. The van der Waals surface area contributed by atoms with Gasteiger partial charge in [-0.15, -0.1) is 0 Å². The summed E-state index contributed by atoms with van der Waals surface area (Å²) >= 11 is 0. The molecule has 2 aliphatic rings. The molecule has 0 spiro atoms. The van der Waals surface area contributed by atoms with E-state index in [1.54, 1.807) is 0 Å². The monoisotopic (exact) mass is 319 g/mol. The summed E-state index contributed by atoms with van der Waals surface area (Å²) in [5.41, 5.74) is 2.64. The van der Waals surface area contributed by atoms with Crippen LogP contribution in [-0.4, -0.2) is 54.3 Å². The zero-order valence-electron chi connectivity index (χ0n) is 13.0. The molecule has 0 saturated carbocycles. The molecule has 124 valence electrons. The summed E-state index contributed by atoms with van der Waals surface area (Å²) in [6, 6.07) is 5.01. The maximum absolute atomic E-state index is 12.3. The number of rotatable bonds is 4. The Bertz CT molecular complexity index is 601. The molecule has 1 N–H and O–H groups in total. The van der Waals surface area contributed by atoms with Gasteiger partial charge in [-0.1, -0.05) is 6.07 Å². The topological polar surface area (TPSA) is 76.1 Å². The van der Waals surface area contributed by atoms with E-state index >= 15 is 0 Å². The van der Waals surface area contributed by atoms with Gasteiger partial charge in [-0.25, -0.2) is 4.79 Å². The molecule has 1 fully saturated rings. The number of carboxylic acids is 1. The van der Waals surface area contributed by atoms with Gasteiger partial charge in [0, 0.05) is 6.54 Å². The Morgan fingerprint density at radius 2 is 2.04 bits per heavy atom. The number of hydrogen-bond acceptors (Lipinski definition) is 4. The summed E-state index contributed by atoms with van der Waals surface area (Å²) in [5, 5.41) is 9.16. The second-order valence-electron chi connectivity index (χ2n) is 5.94. The van der Waals surface area contributed by atoms with Crippen LogP contribution in [0.2, 0.25) is 0 Å². The summed E-state index contributed by atoms with van der Waals surface area (Å²) in [6.07, 6.45) is 4.55. The Labute approximate surface area is 135 Å². The molecule has 1 aliphatic carbocycles. The SMILES string of the molecule is O=C(O)C1COCCN1C(=O)COc1ccc2c(c1)CCCC2. The third kappa shape index (κ3) is 3.64. The number of carbonyl (C=O) groups excluding carboxylic acids is 1. The van der Waals surface area contributed by atoms with E-state index in [4.69, 9.17) is 14.6 Å². The van der Waals surface area contributed by atoms with Crippen LogP contribution in [0.4, 0.5) is 0 Å². The Hall–Kier alpha value is -2.08. The molecule has 0 radical (unpaired) electrons. The summed E-state index contributed by atoms with van der Waals surface area (Å²) in [6.45, 7) is 0.514. The molecule has 0 bridgehead atoms. The lowest BCUT2D eigenvalue weighted by Gasteiger charge is -2.32. The van der Waals surface area contributed by atoms with Crippen molar-refractivity contribution in [3.63, 3.8) is 0 Å². The van der Waals surface area contributed by atoms with Crippen molar-refractivity contribution in [1.29, 1.82) is 0 Å². The predicted octanol–water partition coefficient (Wildman–Crippen LogP) is 1.26. The lowest BCUT2D eigenvalue weighted by Crippen LogP contribution is -2.53. The van der Waals surface area contributed by atoms with Gasteiger partial charge in [0.1, 0.15) is 5.75 Å². The summed E-state index contributed by atoms with van der Waals surface area (Å²) in [5.74, 6) is -0.704. The standard InChI is InChI=1S/C17H21NO5/c19-16(18-7-8-22-10-15(18)17(20)21)11-23-14-6-5-12-3-1-2-4-13(12)9-14/h5-6,9,15H,1-4,7-8,10-11H2,(H,20,21). The van der Waals surface area contributed by atoms with Crippen LogP contribution in [0.3, 0.4) is 0 Å². The smallest absolute Gasteiger partial charge is 0.328 e. The first-order valence-electron chi connectivity index (χ1n) is 8.00. The molecule has 1 saturated heterocycles. The molecule has 1 amide bonds. The molecule has 1 aromatic rings. The van der Waals surface area contributed by atoms with Crippen molar-refractivity contribution in [3.8, 4) is 5.75 Å². The van der Waals surface area contributed by atoms with Crippen LogP contribution in [0.25, 0.3) is 0 Å². The summed E-state index contributed by atoms with van der Waals surface area (Å²) in [4.78, 5) is 24.8. The quantitative estimate of drug-likeness (QED) is 0.904. The first-order chi connectivity index (χ1) is 11.1. The van der Waals surface area contributed by atoms with Crippen molar-refractivity contribution in [2.24, 2.45) is 0 Å². The van der Waals surface area contributed by atoms with Gasteiger partial charge in [-0.2, -0.15) is 0 Å². The van der Waals surface area contributed by atoms with Gasteiger partial charge in [0.25, 0.3) is 5.91 Å². The molecule has 6 nitrogen and oxygen atoms in total. The minimum absolute atomic E-state index is 0.0277. The number of nitrogens with zero attached hydrogens (tertiary/aromatic N) is 1. The first-order valence-corrected chi connectivity index (χ1v) is 8.00. The molecule has 1 heterocycles. The zero-order chi connectivity index (χ0) is 16.2. The fourth-order valence-corrected chi connectivity index (χ4v) is 3.13. The largest absolute Gasteiger partial charge is 0.484 e. The third-order valence-corrected chi connectivity index (χ3v) is 4.42. The van der Waals surface area contributed by atoms with Crippen LogP contribution in [0.15, 0.2) is 18.2 Å². The number of hydrogen-bond donors (Lipinski definition) is 1. The van der Waals surface area contributed by atoms with E-state index in [0.717, 1.165) is 12.8 Å². The molecular weight excluding hydrogens is 298 g/mol. The normalized spacial score (nSPS) is 20.7. The van der Waals surface area contributed by atoms with Gasteiger partial charge >= 0.3 is 5.97 Å². The average Bonchev–Trinajstić information content (AvgIpc) is 2.59. The fourth-order valence-electron chi connectivity index (χ4n) is 3.13. The van der Waals surface area contributed by atoms with Crippen LogP contribution in [-0.2, 0) is 27.2 Å². The molecule has 6 heteroatoms. The molecule has 1 atom stereocenters. The van der Waals surface area contributed by atoms with Crippen molar-refractivity contribution < 1.29 is 24.2 Å². The average molecular weight is 319 g/mol. The van der Waals surface area contributed by atoms with Gasteiger partial charge in [0.15, 0.2) is 12.6 Å². The van der Waals surface area contributed by atoms with Crippen molar-refractivity contribution in [2.45, 2.75) is 31.7 Å². The van der Waals surface area contributed by atoms with Crippen LogP contribution in [0.5, 0.6) is 5.75 Å². The maximum atomic E-state index is 12.3. The minimum atomic E-state index is -1.05. The van der Waals surface area contributed by atoms with E-state index in [9.17, 15) is 9.59 Å². The Balaban J connectivity index is 1.61. The molecule has 1 unspecified atom stereocenters. The Kier molecular flexibility index (Phi) is 4.81. The van der Waals surface area contributed by atoms with E-state index in [2.05, 4.69) is 6.07 Å². The van der Waals surface area contributed by atoms with Crippen LogP contribution in [0, 0.1) is 0 Å². The molecule has 1 aromatic carbocycles. The van der Waals surface area contributed by atoms with Crippen molar-refractivity contribution in [1.82, 2.24) is 4.90 Å². The first kappa shape index (κ1) is 15.8. The molecule has 3 rings (SSSR count). The zero-order valence-corrected chi connectivity index (χ0v) is 13.0. The van der Waals surface area contributed by atoms with Gasteiger partial charge in [0.05, 0.1) is 13.2 Å². The van der Waals surface area contributed by atoms with Crippen LogP contribution >= 0.6 is 0 Å². The maximum Gasteiger partial charge on any atom is 0.328 e. The number of aryl methyl sites for hydroxylation is 2. The van der Waals surface area contributed by atoms with Gasteiger partial charge in [0.2, 0.25) is 0 Å². The summed E-state index contributed by atoms with van der Waals surface area (Å²) in [7, 11) is 0. The Morgan fingerprint density at radius 1 is 1.26 bits per heavy atom. The number of carbonyl (C=O) groups is 2. The van der Waals surface area contributed by atoms with E-state index in [0.29, 0.717) is 12.4 Å². The number of fused-ring (bicyclic) bond motifs is 1. The third-order valence-electron chi connectivity index (χ3n) is 4.42. The molecular formula is C17H21NO5. The molecule has 23 heavy (non-hydrogen) atoms. The van der Waals surface area contributed by atoms with Crippen LogP contribution in [0.1, 0.15) is 24.0 Å². The minimum Gasteiger partial charge on any atom is -0.484 e. The fraction of sp³-hybridized carbons (Fsp3) is 0.529. The number of carboxylic acid groups (broad SMARTS) is 1. The highest BCUT2D eigenvalue weighted by molar-refractivity contribution is 5.84. The van der Waals surface area contributed by atoms with Crippen molar-refractivity contribution in [2.75, 3.05) is 26.4 Å². The van der Waals surface area contributed by atoms with Crippen LogP contribution < -0.4 is 4.74 Å². The van der Waals surface area contributed by atoms with Gasteiger partial charge in [-0.05, 0) is 48.9 Å². The number of ether oxygens (including phenoxy) is 2. The number of morpholine rings is 1. The van der Waals surface area contributed by atoms with E-state index in [1.807, 2.05) is 12.1 Å². The molecule has 1 aliphatic heterocycles. The highest BCUT2D eigenvalue weighted by atomic mass is 16.5. The van der Waals surface area contributed by atoms with E-state index in [1.165, 1.54) is 28.9 Å². The second kappa shape index (κ2) is 7.00. The highest BCUT2D eigenvalue weighted by Gasteiger charge is 2.32. The van der Waals surface area contributed by atoms with E-state index in [-0.39, 0.29) is 25.7 Å². The van der Waals surface area contributed by atoms with Gasteiger partial charge in [-0.3, -0.25) is 4.79 Å². The van der Waals surface area contributed by atoms with Crippen molar-refractivity contribution in [3.05, 3.63) is 29.3 Å². The highest BCUT2D eigenvalue weighted by Crippen LogP contribution is 2.25. The van der Waals surface area contributed by atoms with Crippen molar-refractivity contribution >= 4 is 11.9 Å². The predicted molar refractivity (Wildman–Crippen MR) is 82.5 cm³/mol. The van der Waals surface area contributed by atoms with Gasteiger partial charge < -0.3 is 19.5 Å². The number of aliphatic carboxylic acids is 1. The Morgan fingerprint density at radius 3 is 2.83 bits per heavy atom. The number of amides is 1. The second-order valence-corrected chi connectivity index (χ2v) is 5.94. The lowest BCUT2D eigenvalue weighted by atomic mass is 9.92. The van der Waals surface area contributed by atoms with E-state index < -0.39 is 12.0 Å². The lowest BCUT2D eigenvalue weighted by molar-refractivity contribution is -0.159. The summed E-state index contributed by atoms with van der Waals surface area (Å²) < 4.78 is 10.7. The molecule has 0 aromatic heterocycles.